The molecule has 0 aliphatic carbocycles. The van der Waals surface area contributed by atoms with Crippen LogP contribution in [0.25, 0.3) is 38.5 Å². The minimum Gasteiger partial charge on any atom is -0.385 e. The number of aromatic nitrogens is 1. The third-order valence-corrected chi connectivity index (χ3v) is 10.7. The van der Waals surface area contributed by atoms with Crippen molar-refractivity contribution in [3.8, 4) is 0 Å². The molecule has 0 radical (unpaired) electrons. The largest absolute Gasteiger partial charge is 0.385 e. The van der Waals surface area contributed by atoms with Crippen LogP contribution in [0.2, 0.25) is 0 Å². The van der Waals surface area contributed by atoms with Crippen LogP contribution < -0.4 is 10.7 Å². The van der Waals surface area contributed by atoms with Crippen LogP contribution in [0.4, 0.5) is 5.69 Å². The first-order valence-corrected chi connectivity index (χ1v) is 19.4. The zero-order valence-electron chi connectivity index (χ0n) is 31.5. The van der Waals surface area contributed by atoms with E-state index in [-0.39, 0.29) is 5.41 Å². The fraction of sp³-hybridized carbons (Fsp3) is 0.216. The maximum atomic E-state index is 3.92. The molecule has 266 valence electrons. The molecule has 0 saturated carbocycles. The molecule has 1 N–H and O–H groups in total. The van der Waals surface area contributed by atoms with Crippen LogP contribution in [0.5, 0.6) is 0 Å². The Balaban J connectivity index is 1.25. The average molecular weight is 693 g/mol. The second-order valence-electron chi connectivity index (χ2n) is 14.8. The van der Waals surface area contributed by atoms with Crippen molar-refractivity contribution in [2.24, 2.45) is 5.92 Å². The van der Waals surface area contributed by atoms with Crippen LogP contribution in [0.3, 0.4) is 0 Å². The Morgan fingerprint density at radius 2 is 1.25 bits per heavy atom. The highest BCUT2D eigenvalue weighted by atomic mass is 15.0. The first-order valence-electron chi connectivity index (χ1n) is 19.4. The van der Waals surface area contributed by atoms with Gasteiger partial charge in [-0.05, 0) is 89.6 Å². The Bertz CT molecular complexity index is 2360. The van der Waals surface area contributed by atoms with Crippen LogP contribution >= 0.6 is 0 Å². The van der Waals surface area contributed by atoms with Gasteiger partial charge in [0.15, 0.2) is 0 Å². The molecule has 7 rings (SSSR count). The number of nitrogens with one attached hydrogen (secondary N) is 1. The molecule has 53 heavy (non-hydrogen) atoms. The van der Waals surface area contributed by atoms with Crippen LogP contribution in [0.15, 0.2) is 170 Å². The van der Waals surface area contributed by atoms with E-state index in [1.807, 2.05) is 0 Å². The van der Waals surface area contributed by atoms with E-state index in [9.17, 15) is 0 Å². The smallest absolute Gasteiger partial charge is 0.0497 e. The lowest BCUT2D eigenvalue weighted by atomic mass is 9.67. The van der Waals surface area contributed by atoms with Gasteiger partial charge in [-0.15, -0.1) is 0 Å². The molecule has 6 aromatic carbocycles. The first kappa shape index (κ1) is 35.8. The van der Waals surface area contributed by atoms with Crippen LogP contribution in [0, 0.1) is 5.92 Å². The summed E-state index contributed by atoms with van der Waals surface area (Å²) in [7, 11) is 0. The first-order chi connectivity index (χ1) is 26.1. The van der Waals surface area contributed by atoms with E-state index in [2.05, 4.69) is 207 Å². The summed E-state index contributed by atoms with van der Waals surface area (Å²) in [4.78, 5) is 0. The Morgan fingerprint density at radius 3 is 1.96 bits per heavy atom. The van der Waals surface area contributed by atoms with Crippen LogP contribution in [-0.2, 0) is 24.8 Å². The fourth-order valence-electron chi connectivity index (χ4n) is 8.21. The summed E-state index contributed by atoms with van der Waals surface area (Å²) in [6.07, 6.45) is 19.4. The summed E-state index contributed by atoms with van der Waals surface area (Å²) in [5.74, 6) is 0.638. The Labute approximate surface area is 315 Å². The zero-order valence-corrected chi connectivity index (χ0v) is 31.5. The topological polar surface area (TPSA) is 17.0 Å². The summed E-state index contributed by atoms with van der Waals surface area (Å²) < 4.78 is 2.42. The standard InChI is InChI=1S/C51H52N2/c1-4-53-47(45-29-19-26-43-27-20-31-48(53)49(43)45)30-15-7-5-6-8-18-35-51(37-40-21-11-9-12-22-40,38-41-23-13-10-14-24-41)50-44-28-17-16-25-42(44)32-33-46(50)52-36-34-39(2)3/h5-33,39,52H,4,34-38H2,1-3H3/b6-5+,15-7+,18-8+,47-30+. The molecular formula is C51H52N2. The van der Waals surface area contributed by atoms with Gasteiger partial charge < -0.3 is 9.88 Å². The monoisotopic (exact) mass is 692 g/mol. The molecule has 0 aliphatic heterocycles. The molecule has 0 spiro atoms. The summed E-state index contributed by atoms with van der Waals surface area (Å²) in [5, 5.41) is 11.8. The minimum atomic E-state index is -0.198. The molecule has 0 unspecified atom stereocenters. The summed E-state index contributed by atoms with van der Waals surface area (Å²) in [6.45, 7) is 8.72. The molecule has 2 nitrogen and oxygen atoms in total. The molecule has 1 aromatic heterocycles. The van der Waals surface area contributed by atoms with Crippen molar-refractivity contribution < 1.29 is 0 Å². The summed E-state index contributed by atoms with van der Waals surface area (Å²) in [6, 6.07) is 48.9. The van der Waals surface area contributed by atoms with Gasteiger partial charge in [0.05, 0.1) is 0 Å². The van der Waals surface area contributed by atoms with Crippen molar-refractivity contribution in [2.45, 2.75) is 58.4 Å². The number of allylic oxidation sites excluding steroid dienone is 6. The highest BCUT2D eigenvalue weighted by Gasteiger charge is 2.35. The molecule has 0 atom stereocenters. The van der Waals surface area contributed by atoms with Gasteiger partial charge in [-0.25, -0.2) is 0 Å². The molecule has 1 heterocycles. The Hall–Kier alpha value is -5.60. The minimum absolute atomic E-state index is 0.198. The lowest BCUT2D eigenvalue weighted by Gasteiger charge is -2.37. The molecular weight excluding hydrogens is 641 g/mol. The number of aryl methyl sites for hydroxylation is 1. The van der Waals surface area contributed by atoms with Gasteiger partial charge in [0, 0.05) is 45.8 Å². The van der Waals surface area contributed by atoms with Gasteiger partial charge >= 0.3 is 0 Å². The summed E-state index contributed by atoms with van der Waals surface area (Å²) in [5.41, 5.74) is 6.49. The van der Waals surface area contributed by atoms with Crippen molar-refractivity contribution in [1.82, 2.24) is 4.57 Å². The third kappa shape index (κ3) is 8.08. The van der Waals surface area contributed by atoms with Gasteiger partial charge in [-0.3, -0.25) is 0 Å². The molecule has 2 heteroatoms. The van der Waals surface area contributed by atoms with Crippen molar-refractivity contribution in [3.63, 3.8) is 0 Å². The molecule has 7 aromatic rings. The predicted octanol–water partition coefficient (Wildman–Crippen LogP) is 12.4. The van der Waals surface area contributed by atoms with E-state index in [4.69, 9.17) is 0 Å². The number of rotatable bonds is 15. The Morgan fingerprint density at radius 1 is 0.623 bits per heavy atom. The summed E-state index contributed by atoms with van der Waals surface area (Å²) >= 11 is 0. The van der Waals surface area contributed by atoms with Gasteiger partial charge in [0.25, 0.3) is 0 Å². The number of fused-ring (bicyclic) bond motifs is 1. The van der Waals surface area contributed by atoms with E-state index in [1.54, 1.807) is 0 Å². The van der Waals surface area contributed by atoms with Gasteiger partial charge in [-0.1, -0.05) is 172 Å². The second kappa shape index (κ2) is 16.8. The number of benzene rings is 6. The average Bonchev–Trinajstić information content (AvgIpc) is 3.49. The number of nitrogens with zero attached hydrogens (tertiary/aromatic N) is 1. The zero-order chi connectivity index (χ0) is 36.5. The maximum absolute atomic E-state index is 3.92. The van der Waals surface area contributed by atoms with Gasteiger partial charge in [0.1, 0.15) is 0 Å². The van der Waals surface area contributed by atoms with Gasteiger partial charge in [0.2, 0.25) is 0 Å². The lowest BCUT2D eigenvalue weighted by Crippen LogP contribution is -2.33. The lowest BCUT2D eigenvalue weighted by molar-refractivity contribution is 0.428. The highest BCUT2D eigenvalue weighted by Crippen LogP contribution is 2.44. The molecule has 0 saturated heterocycles. The van der Waals surface area contributed by atoms with Crippen molar-refractivity contribution in [3.05, 3.63) is 192 Å². The number of anilines is 1. The SMILES string of the molecule is CCn1/c(=C/C=C/C=C/C=C/CC(Cc2ccccc2)(Cc2ccccc2)c2c(NCCC(C)C)ccc3ccccc23)c2cccc3cccc1c32. The third-order valence-electron chi connectivity index (χ3n) is 10.7. The molecule has 0 aliphatic rings. The Kier molecular flexibility index (Phi) is 11.4. The van der Waals surface area contributed by atoms with E-state index in [0.29, 0.717) is 5.92 Å². The van der Waals surface area contributed by atoms with Crippen LogP contribution in [-0.4, -0.2) is 11.1 Å². The van der Waals surface area contributed by atoms with Crippen molar-refractivity contribution in [1.29, 1.82) is 0 Å². The number of hydrogen-bond acceptors (Lipinski definition) is 1. The van der Waals surface area contributed by atoms with Gasteiger partial charge in [-0.2, -0.15) is 0 Å². The predicted molar refractivity (Wildman–Crippen MR) is 231 cm³/mol. The second-order valence-corrected chi connectivity index (χ2v) is 14.8. The molecule has 0 bridgehead atoms. The van der Waals surface area contributed by atoms with E-state index in [1.165, 1.54) is 60.2 Å². The normalized spacial score (nSPS) is 12.9. The molecule has 0 amide bonds. The van der Waals surface area contributed by atoms with Crippen LogP contribution in [0.1, 0.15) is 50.3 Å². The van der Waals surface area contributed by atoms with Crippen molar-refractivity contribution in [2.75, 3.05) is 11.9 Å². The number of hydrogen-bond donors (Lipinski definition) is 1. The van der Waals surface area contributed by atoms with Crippen molar-refractivity contribution >= 4 is 44.2 Å². The quantitative estimate of drug-likeness (QED) is 0.106. The molecule has 0 fully saturated rings. The maximum Gasteiger partial charge on any atom is 0.0497 e. The fourth-order valence-corrected chi connectivity index (χ4v) is 8.21. The van der Waals surface area contributed by atoms with E-state index >= 15 is 0 Å². The highest BCUT2D eigenvalue weighted by molar-refractivity contribution is 6.10. The van der Waals surface area contributed by atoms with E-state index < -0.39 is 0 Å². The van der Waals surface area contributed by atoms with E-state index in [0.717, 1.165) is 38.8 Å².